The van der Waals surface area contributed by atoms with Gasteiger partial charge in [0.05, 0.1) is 5.92 Å². The predicted molar refractivity (Wildman–Crippen MR) is 104 cm³/mol. The van der Waals surface area contributed by atoms with Crippen molar-refractivity contribution in [3.8, 4) is 0 Å². The Morgan fingerprint density at radius 3 is 2.38 bits per heavy atom. The molecule has 3 fully saturated rings. The van der Waals surface area contributed by atoms with Crippen LogP contribution in [-0.4, -0.2) is 52.5 Å². The number of hydrogen-bond acceptors (Lipinski definition) is 3. The van der Waals surface area contributed by atoms with E-state index in [9.17, 15) is 9.59 Å². The summed E-state index contributed by atoms with van der Waals surface area (Å²) in [6, 6.07) is 9.15. The highest BCUT2D eigenvalue weighted by Gasteiger charge is 2.40. The highest BCUT2D eigenvalue weighted by molar-refractivity contribution is 8.00. The standard InChI is InChI=1S/C21H28N2O2S/c1-15-2-7-18(8-3-15)26-19-10-12-22(13-11-19)21(25)16-4-9-20(24)23(14-16)17-5-6-17/h2-3,7-8,16-17,19H,4-6,9-14H2,1H3/t16-/m0/s1. The maximum atomic E-state index is 12.9. The first-order chi connectivity index (χ1) is 12.6. The van der Waals surface area contributed by atoms with Gasteiger partial charge < -0.3 is 9.80 Å². The Morgan fingerprint density at radius 1 is 1.04 bits per heavy atom. The van der Waals surface area contributed by atoms with Gasteiger partial charge in [-0.3, -0.25) is 9.59 Å². The first kappa shape index (κ1) is 17.9. The number of carbonyl (C=O) groups is 2. The number of rotatable bonds is 4. The van der Waals surface area contributed by atoms with Gasteiger partial charge in [0.1, 0.15) is 0 Å². The second kappa shape index (κ2) is 7.63. The van der Waals surface area contributed by atoms with Crippen molar-refractivity contribution in [2.75, 3.05) is 19.6 Å². The highest BCUT2D eigenvalue weighted by atomic mass is 32.2. The molecule has 0 bridgehead atoms. The van der Waals surface area contributed by atoms with E-state index in [1.165, 1.54) is 10.5 Å². The van der Waals surface area contributed by atoms with E-state index in [-0.39, 0.29) is 17.7 Å². The van der Waals surface area contributed by atoms with Crippen molar-refractivity contribution in [2.24, 2.45) is 5.92 Å². The van der Waals surface area contributed by atoms with Crippen molar-refractivity contribution in [3.63, 3.8) is 0 Å². The number of nitrogens with zero attached hydrogens (tertiary/aromatic N) is 2. The minimum absolute atomic E-state index is 0.0228. The quantitative estimate of drug-likeness (QED) is 0.812. The molecule has 140 valence electrons. The highest BCUT2D eigenvalue weighted by Crippen LogP contribution is 2.34. The summed E-state index contributed by atoms with van der Waals surface area (Å²) in [5, 5.41) is 0.595. The lowest BCUT2D eigenvalue weighted by Crippen LogP contribution is -2.49. The molecule has 2 aliphatic heterocycles. The van der Waals surface area contributed by atoms with Gasteiger partial charge >= 0.3 is 0 Å². The zero-order chi connectivity index (χ0) is 18.1. The van der Waals surface area contributed by atoms with Crippen LogP contribution >= 0.6 is 11.8 Å². The van der Waals surface area contributed by atoms with E-state index in [4.69, 9.17) is 0 Å². The van der Waals surface area contributed by atoms with Crippen LogP contribution in [0.1, 0.15) is 44.1 Å². The van der Waals surface area contributed by atoms with Crippen molar-refractivity contribution in [2.45, 2.75) is 61.6 Å². The maximum Gasteiger partial charge on any atom is 0.227 e. The van der Waals surface area contributed by atoms with Crippen LogP contribution in [0.15, 0.2) is 29.2 Å². The zero-order valence-electron chi connectivity index (χ0n) is 15.5. The summed E-state index contributed by atoms with van der Waals surface area (Å²) in [4.78, 5) is 30.3. The summed E-state index contributed by atoms with van der Waals surface area (Å²) >= 11 is 1.94. The maximum absolute atomic E-state index is 12.9. The van der Waals surface area contributed by atoms with E-state index >= 15 is 0 Å². The average molecular weight is 373 g/mol. The Bertz CT molecular complexity index is 663. The van der Waals surface area contributed by atoms with Gasteiger partial charge in [0.15, 0.2) is 0 Å². The minimum Gasteiger partial charge on any atom is -0.342 e. The lowest BCUT2D eigenvalue weighted by atomic mass is 9.95. The predicted octanol–water partition coefficient (Wildman–Crippen LogP) is 3.48. The van der Waals surface area contributed by atoms with Gasteiger partial charge in [0, 0.05) is 42.2 Å². The molecule has 2 heterocycles. The minimum atomic E-state index is 0.0228. The van der Waals surface area contributed by atoms with E-state index in [1.807, 2.05) is 16.7 Å². The summed E-state index contributed by atoms with van der Waals surface area (Å²) in [7, 11) is 0. The largest absolute Gasteiger partial charge is 0.342 e. The topological polar surface area (TPSA) is 40.6 Å². The number of amides is 2. The summed E-state index contributed by atoms with van der Waals surface area (Å²) in [6.45, 7) is 4.48. The van der Waals surface area contributed by atoms with Crippen molar-refractivity contribution in [1.82, 2.24) is 9.80 Å². The molecule has 1 saturated carbocycles. The molecule has 3 aliphatic rings. The van der Waals surface area contributed by atoms with Crippen LogP contribution in [-0.2, 0) is 9.59 Å². The Hall–Kier alpha value is -1.49. The molecular formula is C21H28N2O2S. The molecule has 4 rings (SSSR count). The average Bonchev–Trinajstić information content (AvgIpc) is 3.49. The lowest BCUT2D eigenvalue weighted by Gasteiger charge is -2.37. The van der Waals surface area contributed by atoms with E-state index in [1.54, 1.807) is 0 Å². The Balaban J connectivity index is 1.28. The molecule has 0 spiro atoms. The zero-order valence-corrected chi connectivity index (χ0v) is 16.3. The molecule has 4 nitrogen and oxygen atoms in total. The number of piperidine rings is 2. The van der Waals surface area contributed by atoms with Crippen molar-refractivity contribution in [3.05, 3.63) is 29.8 Å². The first-order valence-corrected chi connectivity index (χ1v) is 10.8. The molecular weight excluding hydrogens is 344 g/mol. The van der Waals surface area contributed by atoms with Crippen LogP contribution in [0.3, 0.4) is 0 Å². The van der Waals surface area contributed by atoms with Crippen molar-refractivity contribution < 1.29 is 9.59 Å². The Morgan fingerprint density at radius 2 is 1.73 bits per heavy atom. The van der Waals surface area contributed by atoms with Crippen molar-refractivity contribution >= 4 is 23.6 Å². The Kier molecular flexibility index (Phi) is 5.25. The Labute approximate surface area is 160 Å². The van der Waals surface area contributed by atoms with Crippen LogP contribution in [0.4, 0.5) is 0 Å². The fraction of sp³-hybridized carbons (Fsp3) is 0.619. The second-order valence-electron chi connectivity index (χ2n) is 7.97. The first-order valence-electron chi connectivity index (χ1n) is 9.92. The number of hydrogen-bond donors (Lipinski definition) is 0. The van der Waals surface area contributed by atoms with Gasteiger partial charge in [-0.1, -0.05) is 17.7 Å². The summed E-state index contributed by atoms with van der Waals surface area (Å²) in [5.41, 5.74) is 1.29. The van der Waals surface area contributed by atoms with Gasteiger partial charge in [-0.05, 0) is 51.2 Å². The van der Waals surface area contributed by atoms with Gasteiger partial charge in [-0.2, -0.15) is 0 Å². The van der Waals surface area contributed by atoms with Crippen LogP contribution < -0.4 is 0 Å². The third-order valence-corrected chi connectivity index (χ3v) is 7.21. The molecule has 2 saturated heterocycles. The molecule has 26 heavy (non-hydrogen) atoms. The number of aryl methyl sites for hydroxylation is 1. The van der Waals surface area contributed by atoms with E-state index in [2.05, 4.69) is 36.1 Å². The lowest BCUT2D eigenvalue weighted by molar-refractivity contribution is -0.144. The fourth-order valence-electron chi connectivity index (χ4n) is 4.07. The van der Waals surface area contributed by atoms with Crippen LogP contribution in [0.2, 0.25) is 0 Å². The summed E-state index contributed by atoms with van der Waals surface area (Å²) in [6.07, 6.45) is 5.64. The fourth-order valence-corrected chi connectivity index (χ4v) is 5.20. The molecule has 0 aromatic heterocycles. The molecule has 0 N–H and O–H groups in total. The van der Waals surface area contributed by atoms with Crippen LogP contribution in [0.5, 0.6) is 0 Å². The number of likely N-dealkylation sites (tertiary alicyclic amines) is 2. The van der Waals surface area contributed by atoms with Gasteiger partial charge in [0.25, 0.3) is 0 Å². The molecule has 5 heteroatoms. The van der Waals surface area contributed by atoms with Gasteiger partial charge in [-0.25, -0.2) is 0 Å². The molecule has 1 atom stereocenters. The van der Waals surface area contributed by atoms with Crippen LogP contribution in [0.25, 0.3) is 0 Å². The monoisotopic (exact) mass is 372 g/mol. The molecule has 0 radical (unpaired) electrons. The molecule has 1 aromatic rings. The van der Waals surface area contributed by atoms with E-state index in [0.29, 0.717) is 24.3 Å². The number of thioether (sulfide) groups is 1. The van der Waals surface area contributed by atoms with Gasteiger partial charge in [-0.15, -0.1) is 11.8 Å². The second-order valence-corrected chi connectivity index (χ2v) is 9.34. The summed E-state index contributed by atoms with van der Waals surface area (Å²) in [5.74, 6) is 0.557. The van der Waals surface area contributed by atoms with Crippen LogP contribution in [0, 0.1) is 12.8 Å². The van der Waals surface area contributed by atoms with E-state index in [0.717, 1.165) is 45.2 Å². The summed E-state index contributed by atoms with van der Waals surface area (Å²) < 4.78 is 0. The van der Waals surface area contributed by atoms with Gasteiger partial charge in [0.2, 0.25) is 11.8 Å². The van der Waals surface area contributed by atoms with Crippen molar-refractivity contribution in [1.29, 1.82) is 0 Å². The SMILES string of the molecule is Cc1ccc(SC2CCN(C(=O)[C@H]3CCC(=O)N(C4CC4)C3)CC2)cc1. The third-order valence-electron chi connectivity index (χ3n) is 5.86. The smallest absolute Gasteiger partial charge is 0.227 e. The molecule has 1 aromatic carbocycles. The normalized spacial score (nSPS) is 24.8. The molecule has 2 amide bonds. The number of benzene rings is 1. The molecule has 1 aliphatic carbocycles. The van der Waals surface area contributed by atoms with E-state index < -0.39 is 0 Å². The number of carbonyl (C=O) groups excluding carboxylic acids is 2. The molecule has 0 unspecified atom stereocenters. The third kappa shape index (κ3) is 4.08.